The zero-order chi connectivity index (χ0) is 16.9. The van der Waals surface area contributed by atoms with Crippen LogP contribution >= 0.6 is 11.8 Å². The topological polar surface area (TPSA) is 74.7 Å². The summed E-state index contributed by atoms with van der Waals surface area (Å²) in [4.78, 5) is 4.07. The van der Waals surface area contributed by atoms with Crippen LogP contribution in [0.1, 0.15) is 38.8 Å². The summed E-state index contributed by atoms with van der Waals surface area (Å²) in [5.74, 6) is 0. The van der Waals surface area contributed by atoms with E-state index >= 15 is 0 Å². The van der Waals surface area contributed by atoms with E-state index in [2.05, 4.69) is 36.1 Å². The number of aliphatic hydroxyl groups is 1. The van der Waals surface area contributed by atoms with Gasteiger partial charge in [0.2, 0.25) is 5.16 Å². The number of thiocyanates is 1. The monoisotopic (exact) mass is 330 g/mol. The van der Waals surface area contributed by atoms with E-state index in [0.717, 1.165) is 18.2 Å². The normalized spacial score (nSPS) is 14.2. The van der Waals surface area contributed by atoms with Crippen molar-refractivity contribution in [2.24, 2.45) is 5.41 Å². The van der Waals surface area contributed by atoms with Gasteiger partial charge < -0.3 is 5.11 Å². The molecule has 0 aliphatic heterocycles. The zero-order valence-electron chi connectivity index (χ0n) is 13.7. The number of nitrogens with zero attached hydrogens (tertiary/aromatic N) is 4. The minimum absolute atomic E-state index is 0.0293. The lowest BCUT2D eigenvalue weighted by atomic mass is 9.78. The summed E-state index contributed by atoms with van der Waals surface area (Å²) in [5, 5.41) is 26.2. The molecule has 0 radical (unpaired) electrons. The highest BCUT2D eigenvalue weighted by atomic mass is 32.2. The number of aliphatic hydroxyl groups excluding tert-OH is 1. The molecule has 2 unspecified atom stereocenters. The minimum Gasteiger partial charge on any atom is -0.392 e. The third-order valence-corrected chi connectivity index (χ3v) is 4.63. The molecule has 2 rings (SSSR count). The van der Waals surface area contributed by atoms with E-state index in [0.29, 0.717) is 11.6 Å². The van der Waals surface area contributed by atoms with Gasteiger partial charge in [0.15, 0.2) is 0 Å². The Hall–Kier alpha value is -1.84. The minimum atomic E-state index is -0.484. The summed E-state index contributed by atoms with van der Waals surface area (Å²) in [7, 11) is 0. The molecule has 0 fully saturated rings. The van der Waals surface area contributed by atoms with Gasteiger partial charge in [0.25, 0.3) is 0 Å². The van der Waals surface area contributed by atoms with Crippen molar-refractivity contribution in [2.45, 2.75) is 50.9 Å². The summed E-state index contributed by atoms with van der Waals surface area (Å²) < 4.78 is 1.70. The second-order valence-corrected chi connectivity index (χ2v) is 7.18. The summed E-state index contributed by atoms with van der Waals surface area (Å²) in [6, 6.07) is 10.2. The number of rotatable bonds is 7. The third-order valence-electron chi connectivity index (χ3n) is 4.06. The van der Waals surface area contributed by atoms with Crippen LogP contribution in [0, 0.1) is 16.1 Å². The fourth-order valence-corrected chi connectivity index (χ4v) is 3.14. The zero-order valence-corrected chi connectivity index (χ0v) is 14.5. The van der Waals surface area contributed by atoms with Crippen LogP contribution in [0.25, 0.3) is 0 Å². The van der Waals surface area contributed by atoms with Crippen molar-refractivity contribution in [2.75, 3.05) is 0 Å². The number of aromatic nitrogens is 3. The van der Waals surface area contributed by atoms with Gasteiger partial charge in [-0.2, -0.15) is 10.4 Å². The lowest BCUT2D eigenvalue weighted by molar-refractivity contribution is 0.0307. The predicted molar refractivity (Wildman–Crippen MR) is 90.8 cm³/mol. The lowest BCUT2D eigenvalue weighted by Gasteiger charge is -2.32. The first kappa shape index (κ1) is 17.5. The quantitative estimate of drug-likeness (QED) is 0.622. The molecule has 0 aliphatic carbocycles. The van der Waals surface area contributed by atoms with Crippen LogP contribution in [0.15, 0.2) is 41.8 Å². The Morgan fingerprint density at radius 3 is 2.70 bits per heavy atom. The summed E-state index contributed by atoms with van der Waals surface area (Å²) in [6.07, 6.45) is 2.32. The van der Waals surface area contributed by atoms with Crippen molar-refractivity contribution in [1.82, 2.24) is 14.8 Å². The van der Waals surface area contributed by atoms with E-state index in [1.807, 2.05) is 30.5 Å². The first-order valence-electron chi connectivity index (χ1n) is 7.61. The first-order chi connectivity index (χ1) is 10.9. The fourth-order valence-electron chi connectivity index (χ4n) is 2.64. The number of benzene rings is 1. The number of hydrogen-bond acceptors (Lipinski definition) is 5. The van der Waals surface area contributed by atoms with Crippen LogP contribution < -0.4 is 0 Å². The van der Waals surface area contributed by atoms with Crippen molar-refractivity contribution >= 4 is 11.8 Å². The molecule has 1 aromatic heterocycles. The Morgan fingerprint density at radius 2 is 2.04 bits per heavy atom. The van der Waals surface area contributed by atoms with Gasteiger partial charge in [0.05, 0.1) is 12.1 Å². The Balaban J connectivity index is 2.03. The average molecular weight is 330 g/mol. The average Bonchev–Trinajstić information content (AvgIpc) is 2.96. The molecule has 122 valence electrons. The van der Waals surface area contributed by atoms with Gasteiger partial charge in [0, 0.05) is 11.8 Å². The molecular formula is C17H22N4OS. The molecule has 6 heteroatoms. The molecule has 0 amide bonds. The Labute approximate surface area is 141 Å². The van der Waals surface area contributed by atoms with Crippen LogP contribution in [0.5, 0.6) is 0 Å². The van der Waals surface area contributed by atoms with Gasteiger partial charge >= 0.3 is 0 Å². The van der Waals surface area contributed by atoms with E-state index in [9.17, 15) is 5.11 Å². The second kappa shape index (κ2) is 7.62. The van der Waals surface area contributed by atoms with Crippen molar-refractivity contribution in [3.8, 4) is 5.40 Å². The SMILES string of the molecule is CC(CC(O)C(C)(C)Cc1ccccc1)n1ncnc1SC#N. The van der Waals surface area contributed by atoms with Crippen LogP contribution in [-0.2, 0) is 6.42 Å². The van der Waals surface area contributed by atoms with Crippen LogP contribution in [0.2, 0.25) is 0 Å². The molecule has 23 heavy (non-hydrogen) atoms. The van der Waals surface area contributed by atoms with Gasteiger partial charge in [-0.05, 0) is 30.7 Å². The van der Waals surface area contributed by atoms with Crippen molar-refractivity contribution in [3.05, 3.63) is 42.2 Å². The molecule has 0 saturated heterocycles. The first-order valence-corrected chi connectivity index (χ1v) is 8.43. The van der Waals surface area contributed by atoms with Gasteiger partial charge in [-0.1, -0.05) is 44.2 Å². The maximum absolute atomic E-state index is 10.7. The Kier molecular flexibility index (Phi) is 5.80. The molecule has 0 bridgehead atoms. The lowest BCUT2D eigenvalue weighted by Crippen LogP contribution is -2.33. The van der Waals surface area contributed by atoms with E-state index in [1.54, 1.807) is 4.68 Å². The van der Waals surface area contributed by atoms with Crippen molar-refractivity contribution < 1.29 is 5.11 Å². The molecule has 0 saturated carbocycles. The van der Waals surface area contributed by atoms with Crippen molar-refractivity contribution in [3.63, 3.8) is 0 Å². The van der Waals surface area contributed by atoms with Gasteiger partial charge in [0.1, 0.15) is 11.7 Å². The maximum atomic E-state index is 10.7. The van der Waals surface area contributed by atoms with E-state index < -0.39 is 6.10 Å². The second-order valence-electron chi connectivity index (χ2n) is 6.43. The number of nitriles is 1. The highest BCUT2D eigenvalue weighted by molar-refractivity contribution is 8.03. The number of thioether (sulfide) groups is 1. The van der Waals surface area contributed by atoms with Crippen molar-refractivity contribution in [1.29, 1.82) is 5.26 Å². The molecule has 5 nitrogen and oxygen atoms in total. The number of hydrogen-bond donors (Lipinski definition) is 1. The molecule has 1 aromatic carbocycles. The molecular weight excluding hydrogens is 308 g/mol. The van der Waals surface area contributed by atoms with Gasteiger partial charge in [-0.25, -0.2) is 9.67 Å². The molecule has 2 atom stereocenters. The summed E-state index contributed by atoms with van der Waals surface area (Å²) >= 11 is 0.987. The summed E-state index contributed by atoms with van der Waals surface area (Å²) in [6.45, 7) is 6.13. The van der Waals surface area contributed by atoms with Gasteiger partial charge in [-0.15, -0.1) is 0 Å². The third kappa shape index (κ3) is 4.57. The van der Waals surface area contributed by atoms with E-state index in [4.69, 9.17) is 5.26 Å². The van der Waals surface area contributed by atoms with Crippen LogP contribution in [-0.4, -0.2) is 26.0 Å². The van der Waals surface area contributed by atoms with E-state index in [1.165, 1.54) is 11.9 Å². The van der Waals surface area contributed by atoms with Crippen LogP contribution in [0.3, 0.4) is 0 Å². The Morgan fingerprint density at radius 1 is 1.35 bits per heavy atom. The largest absolute Gasteiger partial charge is 0.392 e. The van der Waals surface area contributed by atoms with Crippen LogP contribution in [0.4, 0.5) is 0 Å². The maximum Gasteiger partial charge on any atom is 0.201 e. The van der Waals surface area contributed by atoms with E-state index in [-0.39, 0.29) is 11.5 Å². The fraction of sp³-hybridized carbons (Fsp3) is 0.471. The molecule has 1 heterocycles. The standard InChI is InChI=1S/C17H22N4OS/c1-13(21-16(23-11-18)19-12-20-21)9-15(22)17(2,3)10-14-7-5-4-6-8-14/h4-8,12-13,15,22H,9-10H2,1-3H3. The highest BCUT2D eigenvalue weighted by Gasteiger charge is 2.30. The summed E-state index contributed by atoms with van der Waals surface area (Å²) in [5.41, 5.74) is 0.962. The predicted octanol–water partition coefficient (Wildman–Crippen LogP) is 3.43. The van der Waals surface area contributed by atoms with Gasteiger partial charge in [-0.3, -0.25) is 0 Å². The molecule has 0 aliphatic rings. The Bertz CT molecular complexity index is 663. The smallest absolute Gasteiger partial charge is 0.201 e. The molecule has 0 spiro atoms. The highest BCUT2D eigenvalue weighted by Crippen LogP contribution is 2.31. The molecule has 2 aromatic rings. The molecule has 1 N–H and O–H groups in total.